The Labute approximate surface area is 184 Å². The molecule has 8 heteroatoms. The molecule has 3 aromatic rings. The summed E-state index contributed by atoms with van der Waals surface area (Å²) in [5, 5.41) is 14.2. The summed E-state index contributed by atoms with van der Waals surface area (Å²) in [6, 6.07) is 8.87. The van der Waals surface area contributed by atoms with E-state index >= 15 is 0 Å². The van der Waals surface area contributed by atoms with E-state index in [-0.39, 0.29) is 6.61 Å². The Hall–Kier alpha value is -3.32. The molecule has 0 saturated carbocycles. The second-order valence-corrected chi connectivity index (χ2v) is 6.80. The van der Waals surface area contributed by atoms with Crippen molar-refractivity contribution in [2.45, 2.75) is 6.92 Å². The monoisotopic (exact) mass is 441 g/mol. The minimum Gasteiger partial charge on any atom is -0.495 e. The van der Waals surface area contributed by atoms with Crippen molar-refractivity contribution in [3.63, 3.8) is 0 Å². The van der Waals surface area contributed by atoms with Crippen LogP contribution in [0.3, 0.4) is 0 Å². The number of nitrogens with zero attached hydrogens (tertiary/aromatic N) is 2. The highest BCUT2D eigenvalue weighted by molar-refractivity contribution is 6.37. The Balaban J connectivity index is 2.15. The third-order valence-electron chi connectivity index (χ3n) is 4.25. The van der Waals surface area contributed by atoms with Crippen molar-refractivity contribution in [2.24, 2.45) is 0 Å². The SMILES string of the molecule is CC#CCOc1cc2ncc(C#N)c(Nc3cc(OC)c(Cl)cc3Cl)c2cc1OC. The van der Waals surface area contributed by atoms with E-state index in [9.17, 15) is 5.26 Å². The summed E-state index contributed by atoms with van der Waals surface area (Å²) in [6.07, 6.45) is 1.48. The van der Waals surface area contributed by atoms with Crippen molar-refractivity contribution in [3.8, 4) is 35.2 Å². The van der Waals surface area contributed by atoms with Gasteiger partial charge in [-0.1, -0.05) is 29.1 Å². The number of nitrogens with one attached hydrogen (secondary N) is 1. The number of anilines is 2. The largest absolute Gasteiger partial charge is 0.495 e. The second kappa shape index (κ2) is 9.45. The van der Waals surface area contributed by atoms with Crippen LogP contribution in [0.4, 0.5) is 11.4 Å². The van der Waals surface area contributed by atoms with E-state index < -0.39 is 0 Å². The topological polar surface area (TPSA) is 76.4 Å². The minimum atomic E-state index is 0.222. The van der Waals surface area contributed by atoms with E-state index in [2.05, 4.69) is 28.2 Å². The summed E-state index contributed by atoms with van der Waals surface area (Å²) >= 11 is 12.5. The molecular formula is C22H17Cl2N3O3. The fourth-order valence-corrected chi connectivity index (χ4v) is 3.30. The highest BCUT2D eigenvalue weighted by atomic mass is 35.5. The molecule has 0 aliphatic rings. The molecule has 1 aromatic heterocycles. The molecule has 2 aromatic carbocycles. The van der Waals surface area contributed by atoms with Gasteiger partial charge in [0.05, 0.1) is 46.7 Å². The molecule has 152 valence electrons. The average Bonchev–Trinajstić information content (AvgIpc) is 2.75. The van der Waals surface area contributed by atoms with Gasteiger partial charge in [-0.15, -0.1) is 5.92 Å². The van der Waals surface area contributed by atoms with Crippen molar-refractivity contribution < 1.29 is 14.2 Å². The van der Waals surface area contributed by atoms with Crippen LogP contribution in [0.5, 0.6) is 17.2 Å². The van der Waals surface area contributed by atoms with Gasteiger partial charge < -0.3 is 19.5 Å². The predicted octanol–water partition coefficient (Wildman–Crippen LogP) is 5.58. The van der Waals surface area contributed by atoms with Gasteiger partial charge in [0.1, 0.15) is 18.4 Å². The predicted molar refractivity (Wildman–Crippen MR) is 118 cm³/mol. The molecule has 0 radical (unpaired) electrons. The molecule has 0 fully saturated rings. The van der Waals surface area contributed by atoms with E-state index in [0.29, 0.717) is 55.1 Å². The van der Waals surface area contributed by atoms with Gasteiger partial charge in [-0.3, -0.25) is 4.98 Å². The first kappa shape index (κ1) is 21.4. The van der Waals surface area contributed by atoms with Crippen molar-refractivity contribution >= 4 is 45.5 Å². The maximum atomic E-state index is 9.61. The molecule has 0 bridgehead atoms. The molecule has 1 N–H and O–H groups in total. The number of rotatable bonds is 6. The normalized spacial score (nSPS) is 10.0. The summed E-state index contributed by atoms with van der Waals surface area (Å²) in [4.78, 5) is 4.38. The molecular weight excluding hydrogens is 425 g/mol. The van der Waals surface area contributed by atoms with Crippen LogP contribution >= 0.6 is 23.2 Å². The van der Waals surface area contributed by atoms with Gasteiger partial charge in [-0.05, 0) is 19.1 Å². The standard InChI is InChI=1S/C22H17Cl2N3O3/c1-4-5-6-30-21-9-17-14(7-20(21)29-3)22(13(11-25)12-26-17)27-18-10-19(28-2)16(24)8-15(18)23/h7-10,12H,6H2,1-3H3,(H,26,27). The molecule has 6 nitrogen and oxygen atoms in total. The lowest BCUT2D eigenvalue weighted by Crippen LogP contribution is -2.01. The van der Waals surface area contributed by atoms with Crippen LogP contribution in [0.1, 0.15) is 12.5 Å². The van der Waals surface area contributed by atoms with Gasteiger partial charge in [-0.2, -0.15) is 5.26 Å². The highest BCUT2D eigenvalue weighted by Gasteiger charge is 2.16. The zero-order valence-corrected chi connectivity index (χ0v) is 18.0. The number of halogens is 2. The fraction of sp³-hybridized carbons (Fsp3) is 0.182. The maximum Gasteiger partial charge on any atom is 0.164 e. The molecule has 0 spiro atoms. The molecule has 30 heavy (non-hydrogen) atoms. The molecule has 3 rings (SSSR count). The Morgan fingerprint density at radius 3 is 2.47 bits per heavy atom. The van der Waals surface area contributed by atoms with Gasteiger partial charge in [0.25, 0.3) is 0 Å². The Kier molecular flexibility index (Phi) is 6.74. The van der Waals surface area contributed by atoms with Gasteiger partial charge in [-0.25, -0.2) is 0 Å². The van der Waals surface area contributed by atoms with Crippen LogP contribution in [-0.2, 0) is 0 Å². The van der Waals surface area contributed by atoms with Gasteiger partial charge in [0, 0.05) is 23.7 Å². The number of methoxy groups -OCH3 is 2. The van der Waals surface area contributed by atoms with Crippen molar-refractivity contribution in [1.82, 2.24) is 4.98 Å². The summed E-state index contributed by atoms with van der Waals surface area (Å²) in [5.74, 6) is 7.05. The van der Waals surface area contributed by atoms with E-state index in [1.165, 1.54) is 20.4 Å². The van der Waals surface area contributed by atoms with Crippen molar-refractivity contribution in [3.05, 3.63) is 46.1 Å². The number of ether oxygens (including phenoxy) is 3. The Morgan fingerprint density at radius 2 is 1.80 bits per heavy atom. The summed E-state index contributed by atoms with van der Waals surface area (Å²) in [5.41, 5.74) is 1.99. The summed E-state index contributed by atoms with van der Waals surface area (Å²) in [7, 11) is 3.05. The Morgan fingerprint density at radius 1 is 1.03 bits per heavy atom. The van der Waals surface area contributed by atoms with Crippen molar-refractivity contribution in [2.75, 3.05) is 26.1 Å². The first-order valence-electron chi connectivity index (χ1n) is 8.75. The molecule has 0 saturated heterocycles. The fourth-order valence-electron chi connectivity index (χ4n) is 2.79. The van der Waals surface area contributed by atoms with Gasteiger partial charge in [0.15, 0.2) is 11.5 Å². The number of nitriles is 1. The third kappa shape index (κ3) is 4.31. The lowest BCUT2D eigenvalue weighted by molar-refractivity contribution is 0.331. The zero-order valence-electron chi connectivity index (χ0n) is 16.5. The van der Waals surface area contributed by atoms with Crippen LogP contribution < -0.4 is 19.5 Å². The number of hydrogen-bond donors (Lipinski definition) is 1. The zero-order chi connectivity index (χ0) is 21.7. The first-order valence-corrected chi connectivity index (χ1v) is 9.51. The number of pyridine rings is 1. The van der Waals surface area contributed by atoms with E-state index in [1.807, 2.05) is 0 Å². The number of hydrogen-bond acceptors (Lipinski definition) is 6. The van der Waals surface area contributed by atoms with E-state index in [0.717, 1.165) is 0 Å². The Bertz CT molecular complexity index is 1210. The molecule has 0 atom stereocenters. The van der Waals surface area contributed by atoms with Crippen LogP contribution in [-0.4, -0.2) is 25.8 Å². The third-order valence-corrected chi connectivity index (χ3v) is 4.86. The van der Waals surface area contributed by atoms with Gasteiger partial charge >= 0.3 is 0 Å². The summed E-state index contributed by atoms with van der Waals surface area (Å²) in [6.45, 7) is 1.96. The second-order valence-electron chi connectivity index (χ2n) is 5.99. The van der Waals surface area contributed by atoms with E-state index in [1.54, 1.807) is 31.2 Å². The van der Waals surface area contributed by atoms with Crippen molar-refractivity contribution in [1.29, 1.82) is 5.26 Å². The lowest BCUT2D eigenvalue weighted by Gasteiger charge is -2.16. The first-order chi connectivity index (χ1) is 14.5. The maximum absolute atomic E-state index is 9.61. The number of benzene rings is 2. The smallest absolute Gasteiger partial charge is 0.164 e. The number of aromatic nitrogens is 1. The van der Waals surface area contributed by atoms with Crippen LogP contribution in [0.15, 0.2) is 30.5 Å². The average molecular weight is 442 g/mol. The molecule has 1 heterocycles. The molecule has 0 aliphatic carbocycles. The van der Waals surface area contributed by atoms with Crippen LogP contribution in [0.25, 0.3) is 10.9 Å². The quantitative estimate of drug-likeness (QED) is 0.503. The lowest BCUT2D eigenvalue weighted by atomic mass is 10.1. The van der Waals surface area contributed by atoms with Gasteiger partial charge in [0.2, 0.25) is 0 Å². The van der Waals surface area contributed by atoms with Crippen LogP contribution in [0, 0.1) is 23.2 Å². The van der Waals surface area contributed by atoms with E-state index in [4.69, 9.17) is 37.4 Å². The highest BCUT2D eigenvalue weighted by Crippen LogP contribution is 2.40. The van der Waals surface area contributed by atoms with Crippen LogP contribution in [0.2, 0.25) is 10.0 Å². The number of fused-ring (bicyclic) bond motifs is 1. The minimum absolute atomic E-state index is 0.222. The molecule has 0 unspecified atom stereocenters. The summed E-state index contributed by atoms with van der Waals surface area (Å²) < 4.78 is 16.4. The molecule has 0 aliphatic heterocycles. The molecule has 0 amide bonds.